The zero-order valence-electron chi connectivity index (χ0n) is 26.1. The van der Waals surface area contributed by atoms with Gasteiger partial charge in [0.25, 0.3) is 0 Å². The van der Waals surface area contributed by atoms with E-state index < -0.39 is 59.3 Å². The van der Waals surface area contributed by atoms with Gasteiger partial charge in [0.1, 0.15) is 17.7 Å². The van der Waals surface area contributed by atoms with Gasteiger partial charge in [-0.25, -0.2) is 14.4 Å². The van der Waals surface area contributed by atoms with Crippen LogP contribution in [0.5, 0.6) is 0 Å². The molecule has 9 nitrogen and oxygen atoms in total. The zero-order valence-corrected chi connectivity index (χ0v) is 26.1. The van der Waals surface area contributed by atoms with Gasteiger partial charge >= 0.3 is 18.0 Å². The predicted molar refractivity (Wildman–Crippen MR) is 155 cm³/mol. The van der Waals surface area contributed by atoms with Crippen LogP contribution in [-0.4, -0.2) is 70.3 Å². The van der Waals surface area contributed by atoms with Crippen molar-refractivity contribution in [2.75, 3.05) is 6.54 Å². The van der Waals surface area contributed by atoms with E-state index in [1.165, 1.54) is 11.8 Å². The minimum atomic E-state index is -1.01. The van der Waals surface area contributed by atoms with Crippen molar-refractivity contribution < 1.29 is 38.5 Å². The molecule has 1 aromatic rings. The SMILES string of the molecule is C[C@H](C[C@H](OC(=O)[C@@H]1CCCN1C(=O)OC(C)(C)C)C(C)(C)C)C[C@H](O)[C@H](C)C(=O)[C@@H](C)OC(=O)c1ccccc1. The molecular formula is C32H49NO8. The molecule has 0 radical (unpaired) electrons. The molecule has 1 aromatic carbocycles. The average Bonchev–Trinajstić information content (AvgIpc) is 3.36. The summed E-state index contributed by atoms with van der Waals surface area (Å²) >= 11 is 0. The molecule has 2 rings (SSSR count). The van der Waals surface area contributed by atoms with E-state index in [4.69, 9.17) is 14.2 Å². The summed E-state index contributed by atoms with van der Waals surface area (Å²) in [7, 11) is 0. The molecule has 1 aliphatic heterocycles. The number of aliphatic hydroxyl groups excluding tert-OH is 1. The summed E-state index contributed by atoms with van der Waals surface area (Å²) in [5.74, 6) is -2.27. The van der Waals surface area contributed by atoms with Gasteiger partial charge in [0, 0.05) is 12.5 Å². The molecule has 0 aliphatic carbocycles. The molecule has 9 heteroatoms. The smallest absolute Gasteiger partial charge is 0.411 e. The number of aliphatic hydroxyl groups is 1. The number of benzene rings is 1. The first-order valence-corrected chi connectivity index (χ1v) is 14.6. The number of ketones is 1. The van der Waals surface area contributed by atoms with Crippen LogP contribution >= 0.6 is 0 Å². The third-order valence-electron chi connectivity index (χ3n) is 7.36. The maximum atomic E-state index is 13.2. The lowest BCUT2D eigenvalue weighted by molar-refractivity contribution is -0.161. The number of esters is 2. The number of Topliss-reactive ketones (excluding diaryl/α,β-unsaturated/α-hetero) is 1. The van der Waals surface area contributed by atoms with Crippen molar-refractivity contribution >= 4 is 23.8 Å². The Kier molecular flexibility index (Phi) is 11.9. The monoisotopic (exact) mass is 575 g/mol. The maximum absolute atomic E-state index is 13.2. The molecule has 1 N–H and O–H groups in total. The minimum Gasteiger partial charge on any atom is -0.460 e. The molecule has 0 saturated carbocycles. The first-order valence-electron chi connectivity index (χ1n) is 14.6. The third-order valence-corrected chi connectivity index (χ3v) is 7.36. The Bertz CT molecular complexity index is 1040. The molecule has 1 fully saturated rings. The van der Waals surface area contributed by atoms with Crippen molar-refractivity contribution in [1.29, 1.82) is 0 Å². The van der Waals surface area contributed by atoms with Crippen LogP contribution in [0.3, 0.4) is 0 Å². The summed E-state index contributed by atoms with van der Waals surface area (Å²) < 4.78 is 16.8. The number of nitrogens with zero attached hydrogens (tertiary/aromatic N) is 1. The third kappa shape index (κ3) is 10.4. The van der Waals surface area contributed by atoms with Crippen molar-refractivity contribution in [3.63, 3.8) is 0 Å². The van der Waals surface area contributed by atoms with Gasteiger partial charge in [-0.3, -0.25) is 9.69 Å². The van der Waals surface area contributed by atoms with Crippen LogP contribution in [-0.2, 0) is 23.8 Å². The molecule has 230 valence electrons. The van der Waals surface area contributed by atoms with Crippen LogP contribution < -0.4 is 0 Å². The maximum Gasteiger partial charge on any atom is 0.411 e. The molecule has 0 spiro atoms. The first-order chi connectivity index (χ1) is 18.9. The van der Waals surface area contributed by atoms with E-state index in [0.717, 1.165) is 0 Å². The molecule has 1 aliphatic rings. The van der Waals surface area contributed by atoms with Crippen molar-refractivity contribution in [3.8, 4) is 0 Å². The topological polar surface area (TPSA) is 119 Å². The standard InChI is InChI=1S/C32H49NO8/c1-20(18-25(34)21(2)27(35)22(3)39-28(36)23-14-11-10-12-15-23)19-26(31(4,5)6)40-29(37)24-16-13-17-33(24)30(38)41-32(7,8)9/h10-12,14-15,20-22,24-26,34H,13,16-19H2,1-9H3/t20-,21-,22+,24-,25-,26-/m0/s1. The van der Waals surface area contributed by atoms with Gasteiger partial charge in [-0.1, -0.05) is 52.8 Å². The first kappa shape index (κ1) is 34.3. The molecule has 0 aromatic heterocycles. The lowest BCUT2D eigenvalue weighted by Gasteiger charge is -2.35. The summed E-state index contributed by atoms with van der Waals surface area (Å²) in [5.41, 5.74) is -0.715. The average molecular weight is 576 g/mol. The van der Waals surface area contributed by atoms with Crippen LogP contribution in [0, 0.1) is 17.3 Å². The predicted octanol–water partition coefficient (Wildman–Crippen LogP) is 5.57. The molecule has 1 saturated heterocycles. The summed E-state index contributed by atoms with van der Waals surface area (Å²) in [6.07, 6.45) is -1.02. The fourth-order valence-corrected chi connectivity index (χ4v) is 4.85. The Morgan fingerprint density at radius 2 is 1.56 bits per heavy atom. The second-order valence-electron chi connectivity index (χ2n) is 13.4. The highest BCUT2D eigenvalue weighted by atomic mass is 16.6. The number of rotatable bonds is 11. The van der Waals surface area contributed by atoms with E-state index in [0.29, 0.717) is 37.8 Å². The van der Waals surface area contributed by atoms with Gasteiger partial charge in [0.05, 0.1) is 11.7 Å². The highest BCUT2D eigenvalue weighted by Crippen LogP contribution is 2.32. The molecule has 1 amide bonds. The number of likely N-dealkylation sites (tertiary alicyclic amines) is 1. The highest BCUT2D eigenvalue weighted by Gasteiger charge is 2.40. The lowest BCUT2D eigenvalue weighted by atomic mass is 9.81. The second kappa shape index (κ2) is 14.3. The largest absolute Gasteiger partial charge is 0.460 e. The summed E-state index contributed by atoms with van der Waals surface area (Å²) in [6.45, 7) is 16.8. The van der Waals surface area contributed by atoms with Crippen molar-refractivity contribution in [3.05, 3.63) is 35.9 Å². The lowest BCUT2D eigenvalue weighted by Crippen LogP contribution is -2.46. The van der Waals surface area contributed by atoms with E-state index in [1.807, 2.05) is 27.7 Å². The van der Waals surface area contributed by atoms with Gasteiger partial charge < -0.3 is 19.3 Å². The highest BCUT2D eigenvalue weighted by molar-refractivity contribution is 5.93. The molecule has 6 atom stereocenters. The Morgan fingerprint density at radius 3 is 2.12 bits per heavy atom. The second-order valence-corrected chi connectivity index (χ2v) is 13.4. The van der Waals surface area contributed by atoms with Crippen LogP contribution in [0.2, 0.25) is 0 Å². The zero-order chi connectivity index (χ0) is 31.1. The van der Waals surface area contributed by atoms with E-state index in [1.54, 1.807) is 58.0 Å². The van der Waals surface area contributed by atoms with Crippen molar-refractivity contribution in [2.45, 2.75) is 118 Å². The molecular weight excluding hydrogens is 526 g/mol. The quantitative estimate of drug-likeness (QED) is 0.269. The fraction of sp³-hybridized carbons (Fsp3) is 0.688. The Labute approximate surface area is 244 Å². The number of carbonyl (C=O) groups excluding carboxylic acids is 4. The van der Waals surface area contributed by atoms with Crippen LogP contribution in [0.4, 0.5) is 4.79 Å². The Hall–Kier alpha value is -2.94. The normalized spacial score (nSPS) is 19.5. The van der Waals surface area contributed by atoms with E-state index in [2.05, 4.69) is 0 Å². The number of amides is 1. The van der Waals surface area contributed by atoms with Crippen LogP contribution in [0.15, 0.2) is 30.3 Å². The number of hydrogen-bond acceptors (Lipinski definition) is 8. The van der Waals surface area contributed by atoms with Crippen LogP contribution in [0.1, 0.15) is 98.4 Å². The van der Waals surface area contributed by atoms with E-state index in [9.17, 15) is 24.3 Å². The number of carbonyl (C=O) groups is 4. The van der Waals surface area contributed by atoms with Crippen LogP contribution in [0.25, 0.3) is 0 Å². The Balaban J connectivity index is 1.97. The molecule has 0 bridgehead atoms. The van der Waals surface area contributed by atoms with Gasteiger partial charge in [0.2, 0.25) is 0 Å². The van der Waals surface area contributed by atoms with E-state index >= 15 is 0 Å². The minimum absolute atomic E-state index is 0.0926. The van der Waals surface area contributed by atoms with Gasteiger partial charge in [-0.05, 0) is 76.8 Å². The van der Waals surface area contributed by atoms with Crippen molar-refractivity contribution in [2.24, 2.45) is 17.3 Å². The van der Waals surface area contributed by atoms with E-state index in [-0.39, 0.29) is 11.7 Å². The van der Waals surface area contributed by atoms with Gasteiger partial charge in [-0.15, -0.1) is 0 Å². The summed E-state index contributed by atoms with van der Waals surface area (Å²) in [6, 6.07) is 7.73. The fourth-order valence-electron chi connectivity index (χ4n) is 4.85. The van der Waals surface area contributed by atoms with Gasteiger partial charge in [0.15, 0.2) is 11.9 Å². The van der Waals surface area contributed by atoms with Crippen molar-refractivity contribution in [1.82, 2.24) is 4.90 Å². The summed E-state index contributed by atoms with van der Waals surface area (Å²) in [5, 5.41) is 10.9. The summed E-state index contributed by atoms with van der Waals surface area (Å²) in [4.78, 5) is 52.6. The molecule has 41 heavy (non-hydrogen) atoms. The number of hydrogen-bond donors (Lipinski definition) is 1. The molecule has 1 heterocycles. The van der Waals surface area contributed by atoms with Gasteiger partial charge in [-0.2, -0.15) is 0 Å². The number of ether oxygens (including phenoxy) is 3. The Morgan fingerprint density at radius 1 is 0.951 bits per heavy atom. The molecule has 0 unspecified atom stereocenters.